The Morgan fingerprint density at radius 1 is 1.52 bits per heavy atom. The van der Waals surface area contributed by atoms with Crippen LogP contribution in [0.25, 0.3) is 0 Å². The summed E-state index contributed by atoms with van der Waals surface area (Å²) in [6, 6.07) is 0. The van der Waals surface area contributed by atoms with Crippen molar-refractivity contribution in [2.75, 3.05) is 13.7 Å². The molecule has 1 rings (SSSR count). The van der Waals surface area contributed by atoms with Gasteiger partial charge in [-0.15, -0.1) is 0 Å². The quantitative estimate of drug-likeness (QED) is 0.824. The Balaban J connectivity index is 3.08. The highest BCUT2D eigenvalue weighted by molar-refractivity contribution is 6.33. The van der Waals surface area contributed by atoms with Crippen LogP contribution < -0.4 is 5.32 Å². The second-order valence-corrected chi connectivity index (χ2v) is 5.51. The van der Waals surface area contributed by atoms with Crippen molar-refractivity contribution in [3.05, 3.63) is 22.7 Å². The molecule has 0 bridgehead atoms. The number of carbonyl (C=O) groups is 2. The standard InChI is InChI=1S/C13H18ClN3O4/c1-7(2)10-15-5-8(14)9(16-10)11(18)17-13(3,6-21-4)12(19)20/h5,7H,6H2,1-4H3,(H,17,18)(H,19,20). The molecule has 0 saturated carbocycles. The van der Waals surface area contributed by atoms with Gasteiger partial charge in [0, 0.05) is 13.0 Å². The summed E-state index contributed by atoms with van der Waals surface area (Å²) in [4.78, 5) is 31.6. The fourth-order valence-corrected chi connectivity index (χ4v) is 1.74. The largest absolute Gasteiger partial charge is 0.479 e. The minimum atomic E-state index is -1.57. The smallest absolute Gasteiger partial charge is 0.331 e. The van der Waals surface area contributed by atoms with E-state index in [1.165, 1.54) is 20.2 Å². The number of hydrogen-bond acceptors (Lipinski definition) is 5. The zero-order valence-corrected chi connectivity index (χ0v) is 13.1. The van der Waals surface area contributed by atoms with Crippen LogP contribution in [0.5, 0.6) is 0 Å². The molecule has 1 heterocycles. The number of aliphatic carboxylic acids is 1. The lowest BCUT2D eigenvalue weighted by Crippen LogP contribution is -2.55. The number of carboxylic acids is 1. The molecule has 0 fully saturated rings. The molecule has 0 aromatic carbocycles. The number of nitrogens with one attached hydrogen (secondary N) is 1. The molecule has 116 valence electrons. The van der Waals surface area contributed by atoms with Crippen molar-refractivity contribution in [1.82, 2.24) is 15.3 Å². The summed E-state index contributed by atoms with van der Waals surface area (Å²) < 4.78 is 4.84. The van der Waals surface area contributed by atoms with Gasteiger partial charge in [-0.25, -0.2) is 14.8 Å². The minimum Gasteiger partial charge on any atom is -0.479 e. The Morgan fingerprint density at radius 3 is 2.62 bits per heavy atom. The first-order valence-corrected chi connectivity index (χ1v) is 6.66. The van der Waals surface area contributed by atoms with E-state index in [-0.39, 0.29) is 23.2 Å². The molecule has 1 aromatic heterocycles. The predicted molar refractivity (Wildman–Crippen MR) is 76.5 cm³/mol. The van der Waals surface area contributed by atoms with Gasteiger partial charge < -0.3 is 15.2 Å². The zero-order chi connectivity index (χ0) is 16.2. The van der Waals surface area contributed by atoms with Gasteiger partial charge in [-0.1, -0.05) is 25.4 Å². The van der Waals surface area contributed by atoms with Crippen molar-refractivity contribution in [1.29, 1.82) is 0 Å². The summed E-state index contributed by atoms with van der Waals surface area (Å²) in [6.45, 7) is 4.90. The SMILES string of the molecule is COCC(C)(NC(=O)c1nc(C(C)C)ncc1Cl)C(=O)O. The number of hydrogen-bond donors (Lipinski definition) is 2. The van der Waals surface area contributed by atoms with Gasteiger partial charge in [-0.2, -0.15) is 0 Å². The van der Waals surface area contributed by atoms with Crippen LogP contribution in [0.3, 0.4) is 0 Å². The van der Waals surface area contributed by atoms with Crippen LogP contribution in [-0.4, -0.2) is 46.2 Å². The van der Waals surface area contributed by atoms with Crippen molar-refractivity contribution in [3.8, 4) is 0 Å². The van der Waals surface area contributed by atoms with Gasteiger partial charge in [0.1, 0.15) is 11.5 Å². The molecule has 21 heavy (non-hydrogen) atoms. The van der Waals surface area contributed by atoms with Gasteiger partial charge in [-0.05, 0) is 6.92 Å². The minimum absolute atomic E-state index is 0.0126. The first kappa shape index (κ1) is 17.3. The van der Waals surface area contributed by atoms with Crippen molar-refractivity contribution in [2.24, 2.45) is 0 Å². The molecule has 8 heteroatoms. The Bertz CT molecular complexity index is 550. The summed E-state index contributed by atoms with van der Waals surface area (Å²) in [7, 11) is 1.35. The number of aromatic nitrogens is 2. The van der Waals surface area contributed by atoms with E-state index >= 15 is 0 Å². The predicted octanol–water partition coefficient (Wildman–Crippen LogP) is 1.47. The molecule has 2 N–H and O–H groups in total. The second kappa shape index (κ2) is 6.82. The summed E-state index contributed by atoms with van der Waals surface area (Å²) >= 11 is 5.92. The van der Waals surface area contributed by atoms with Crippen LogP contribution in [0.2, 0.25) is 5.02 Å². The van der Waals surface area contributed by atoms with E-state index in [1.54, 1.807) is 0 Å². The lowest BCUT2D eigenvalue weighted by Gasteiger charge is -2.25. The maximum Gasteiger partial charge on any atom is 0.331 e. The molecular formula is C13H18ClN3O4. The molecule has 0 aliphatic rings. The van der Waals surface area contributed by atoms with E-state index in [0.29, 0.717) is 5.82 Å². The number of carbonyl (C=O) groups excluding carboxylic acids is 1. The molecule has 0 radical (unpaired) electrons. The first-order chi connectivity index (χ1) is 9.71. The average Bonchev–Trinajstić information content (AvgIpc) is 2.38. The van der Waals surface area contributed by atoms with E-state index in [9.17, 15) is 14.7 Å². The number of carboxylic acid groups (broad SMARTS) is 1. The van der Waals surface area contributed by atoms with Gasteiger partial charge >= 0.3 is 5.97 Å². The fourth-order valence-electron chi connectivity index (χ4n) is 1.57. The fraction of sp³-hybridized carbons (Fsp3) is 0.538. The molecule has 1 atom stereocenters. The third-order valence-corrected chi connectivity index (χ3v) is 3.07. The van der Waals surface area contributed by atoms with Crippen molar-refractivity contribution in [3.63, 3.8) is 0 Å². The van der Waals surface area contributed by atoms with Crippen LogP contribution in [0.1, 0.15) is 43.0 Å². The number of amides is 1. The molecule has 1 amide bonds. The third kappa shape index (κ3) is 4.12. The number of methoxy groups -OCH3 is 1. The third-order valence-electron chi connectivity index (χ3n) is 2.79. The number of halogens is 1. The Kier molecular flexibility index (Phi) is 5.62. The van der Waals surface area contributed by atoms with E-state index in [4.69, 9.17) is 16.3 Å². The molecule has 1 aromatic rings. The monoisotopic (exact) mass is 315 g/mol. The van der Waals surface area contributed by atoms with Gasteiger partial charge in [0.05, 0.1) is 17.8 Å². The summed E-state index contributed by atoms with van der Waals surface area (Å²) in [5, 5.41) is 11.6. The van der Waals surface area contributed by atoms with Crippen molar-refractivity contribution >= 4 is 23.5 Å². The summed E-state index contributed by atoms with van der Waals surface area (Å²) in [5.41, 5.74) is -1.63. The van der Waals surface area contributed by atoms with Crippen molar-refractivity contribution in [2.45, 2.75) is 32.2 Å². The van der Waals surface area contributed by atoms with Gasteiger partial charge in [0.25, 0.3) is 5.91 Å². The highest BCUT2D eigenvalue weighted by Crippen LogP contribution is 2.17. The summed E-state index contributed by atoms with van der Waals surface area (Å²) in [5.74, 6) is -1.44. The van der Waals surface area contributed by atoms with Crippen LogP contribution in [0.15, 0.2) is 6.20 Å². The Hall–Kier alpha value is -1.73. The lowest BCUT2D eigenvalue weighted by molar-refractivity contribution is -0.145. The van der Waals surface area contributed by atoms with E-state index < -0.39 is 17.4 Å². The summed E-state index contributed by atoms with van der Waals surface area (Å²) in [6.07, 6.45) is 1.33. The number of ether oxygens (including phenoxy) is 1. The number of rotatable bonds is 6. The van der Waals surface area contributed by atoms with Gasteiger partial charge in [0.2, 0.25) is 0 Å². The first-order valence-electron chi connectivity index (χ1n) is 6.28. The molecular weight excluding hydrogens is 298 g/mol. The van der Waals surface area contributed by atoms with E-state index in [0.717, 1.165) is 0 Å². The van der Waals surface area contributed by atoms with E-state index in [2.05, 4.69) is 15.3 Å². The molecule has 0 aliphatic carbocycles. The highest BCUT2D eigenvalue weighted by atomic mass is 35.5. The lowest BCUT2D eigenvalue weighted by atomic mass is 10.0. The normalized spacial score (nSPS) is 13.8. The van der Waals surface area contributed by atoms with Crippen LogP contribution in [0, 0.1) is 0 Å². The zero-order valence-electron chi connectivity index (χ0n) is 12.3. The molecule has 0 aliphatic heterocycles. The van der Waals surface area contributed by atoms with E-state index in [1.807, 2.05) is 13.8 Å². The maximum absolute atomic E-state index is 12.2. The topological polar surface area (TPSA) is 101 Å². The average molecular weight is 316 g/mol. The van der Waals surface area contributed by atoms with Crippen LogP contribution >= 0.6 is 11.6 Å². The Morgan fingerprint density at radius 2 is 2.14 bits per heavy atom. The van der Waals surface area contributed by atoms with Crippen LogP contribution in [-0.2, 0) is 9.53 Å². The maximum atomic E-state index is 12.2. The highest BCUT2D eigenvalue weighted by Gasteiger charge is 2.36. The van der Waals surface area contributed by atoms with Crippen molar-refractivity contribution < 1.29 is 19.4 Å². The van der Waals surface area contributed by atoms with Gasteiger partial charge in [0.15, 0.2) is 5.54 Å². The van der Waals surface area contributed by atoms with Gasteiger partial charge in [-0.3, -0.25) is 4.79 Å². The second-order valence-electron chi connectivity index (χ2n) is 5.10. The molecule has 1 unspecified atom stereocenters. The molecule has 7 nitrogen and oxygen atoms in total. The Labute approximate surface area is 127 Å². The van der Waals surface area contributed by atoms with Crippen LogP contribution in [0.4, 0.5) is 0 Å². The molecule has 0 saturated heterocycles. The number of nitrogens with zero attached hydrogens (tertiary/aromatic N) is 2. The molecule has 0 spiro atoms.